The second kappa shape index (κ2) is 6.91. The largest absolute Gasteiger partial charge is 0.290 e. The third kappa shape index (κ3) is 3.31. The molecular weight excluding hydrogens is 300 g/mol. The van der Waals surface area contributed by atoms with E-state index in [2.05, 4.69) is 41.5 Å². The second-order valence-corrected chi connectivity index (χ2v) is 6.73. The molecule has 0 radical (unpaired) electrons. The van der Waals surface area contributed by atoms with Crippen LogP contribution in [0.15, 0.2) is 29.6 Å². The number of halogens is 1. The molecule has 0 saturated heterocycles. The fourth-order valence-electron chi connectivity index (χ4n) is 3.12. The summed E-state index contributed by atoms with van der Waals surface area (Å²) in [6.45, 7) is 4.43. The Morgan fingerprint density at radius 1 is 1.33 bits per heavy atom. The van der Waals surface area contributed by atoms with Crippen molar-refractivity contribution in [1.29, 1.82) is 0 Å². The highest BCUT2D eigenvalue weighted by Crippen LogP contribution is 2.31. The molecular formula is C17H21ClN2S. The number of aryl methyl sites for hydroxylation is 1. The number of nitrogens with zero attached hydrogens (tertiary/aromatic N) is 2. The quantitative estimate of drug-likeness (QED) is 0.753. The lowest BCUT2D eigenvalue weighted by Crippen LogP contribution is -2.28. The first-order valence-electron chi connectivity index (χ1n) is 7.63. The first-order chi connectivity index (χ1) is 10.3. The van der Waals surface area contributed by atoms with Crippen molar-refractivity contribution in [2.75, 3.05) is 6.54 Å². The van der Waals surface area contributed by atoms with E-state index in [1.54, 1.807) is 11.3 Å². The van der Waals surface area contributed by atoms with E-state index in [1.165, 1.54) is 29.0 Å². The fourth-order valence-corrected chi connectivity index (χ4v) is 4.38. The third-order valence-electron chi connectivity index (χ3n) is 4.20. The van der Waals surface area contributed by atoms with Crippen molar-refractivity contribution in [1.82, 2.24) is 9.88 Å². The Kier molecular flexibility index (Phi) is 4.94. The lowest BCUT2D eigenvalue weighted by molar-refractivity contribution is 0.185. The Hall–Kier alpha value is -0.900. The predicted molar refractivity (Wildman–Crippen MR) is 89.9 cm³/mol. The van der Waals surface area contributed by atoms with Crippen molar-refractivity contribution in [3.05, 3.63) is 51.5 Å². The van der Waals surface area contributed by atoms with Gasteiger partial charge < -0.3 is 0 Å². The normalized spacial score (nSPS) is 17.2. The van der Waals surface area contributed by atoms with Gasteiger partial charge in [-0.25, -0.2) is 4.98 Å². The molecule has 1 aromatic heterocycles. The molecule has 21 heavy (non-hydrogen) atoms. The van der Waals surface area contributed by atoms with Crippen LogP contribution >= 0.6 is 22.9 Å². The molecule has 112 valence electrons. The van der Waals surface area contributed by atoms with E-state index in [4.69, 9.17) is 16.6 Å². The summed E-state index contributed by atoms with van der Waals surface area (Å²) in [5.74, 6) is 0.510. The Balaban J connectivity index is 1.84. The first kappa shape index (κ1) is 15.0. The first-order valence-corrected chi connectivity index (χ1v) is 9.04. The van der Waals surface area contributed by atoms with Crippen molar-refractivity contribution in [2.24, 2.45) is 0 Å². The molecule has 3 rings (SSSR count). The predicted octanol–water partition coefficient (Wildman–Crippen LogP) is 4.78. The van der Waals surface area contributed by atoms with Crippen LogP contribution in [-0.4, -0.2) is 16.4 Å². The number of alkyl halides is 1. The van der Waals surface area contributed by atoms with Crippen LogP contribution in [0.5, 0.6) is 0 Å². The van der Waals surface area contributed by atoms with Gasteiger partial charge in [-0.2, -0.15) is 0 Å². The number of hydrogen-bond donors (Lipinski definition) is 0. The average molecular weight is 321 g/mol. The maximum Gasteiger partial charge on any atom is 0.110 e. The van der Waals surface area contributed by atoms with Gasteiger partial charge in [0, 0.05) is 11.9 Å². The molecule has 2 nitrogen and oxygen atoms in total. The molecule has 1 aliphatic rings. The van der Waals surface area contributed by atoms with Crippen molar-refractivity contribution in [3.63, 3.8) is 0 Å². The van der Waals surface area contributed by atoms with E-state index < -0.39 is 0 Å². The van der Waals surface area contributed by atoms with Crippen LogP contribution in [0.25, 0.3) is 0 Å². The van der Waals surface area contributed by atoms with E-state index in [9.17, 15) is 0 Å². The molecule has 0 aliphatic carbocycles. The molecule has 1 aromatic carbocycles. The number of thiazole rings is 1. The highest BCUT2D eigenvalue weighted by atomic mass is 35.5. The topological polar surface area (TPSA) is 16.1 Å². The number of hydrogen-bond acceptors (Lipinski definition) is 3. The van der Waals surface area contributed by atoms with E-state index in [0.29, 0.717) is 11.9 Å². The Morgan fingerprint density at radius 3 is 2.86 bits per heavy atom. The standard InChI is InChI=1S/C17H21ClN2S/c1-2-16(17-19-15(10-18)12-21-17)20-9-5-8-13-6-3-4-7-14(13)11-20/h3-4,6-7,12,16H,2,5,8-11H2,1H3. The van der Waals surface area contributed by atoms with E-state index in [1.807, 2.05) is 0 Å². The lowest BCUT2D eigenvalue weighted by atomic mass is 10.0. The van der Waals surface area contributed by atoms with E-state index in [-0.39, 0.29) is 0 Å². The SMILES string of the molecule is CCC(c1nc(CCl)cs1)N1CCCc2ccccc2C1. The molecule has 1 aliphatic heterocycles. The van der Waals surface area contributed by atoms with Crippen molar-refractivity contribution < 1.29 is 0 Å². The Labute approximate surface area is 135 Å². The van der Waals surface area contributed by atoms with Crippen molar-refractivity contribution >= 4 is 22.9 Å². The molecule has 0 saturated carbocycles. The third-order valence-corrected chi connectivity index (χ3v) is 5.47. The summed E-state index contributed by atoms with van der Waals surface area (Å²) in [6.07, 6.45) is 3.51. The summed E-state index contributed by atoms with van der Waals surface area (Å²) in [4.78, 5) is 7.29. The molecule has 4 heteroatoms. The summed E-state index contributed by atoms with van der Waals surface area (Å²) in [5, 5.41) is 3.31. The van der Waals surface area contributed by atoms with Crippen molar-refractivity contribution in [2.45, 2.75) is 44.7 Å². The minimum atomic E-state index is 0.415. The highest BCUT2D eigenvalue weighted by Gasteiger charge is 2.24. The lowest BCUT2D eigenvalue weighted by Gasteiger charge is -2.28. The smallest absolute Gasteiger partial charge is 0.110 e. The maximum atomic E-state index is 5.90. The van der Waals surface area contributed by atoms with Crippen LogP contribution in [0, 0.1) is 0 Å². The van der Waals surface area contributed by atoms with E-state index >= 15 is 0 Å². The zero-order valence-corrected chi connectivity index (χ0v) is 14.0. The van der Waals surface area contributed by atoms with Gasteiger partial charge in [0.25, 0.3) is 0 Å². The molecule has 0 fully saturated rings. The van der Waals surface area contributed by atoms with Crippen LogP contribution in [0.2, 0.25) is 0 Å². The van der Waals surface area contributed by atoms with Gasteiger partial charge >= 0.3 is 0 Å². The monoisotopic (exact) mass is 320 g/mol. The Morgan fingerprint density at radius 2 is 2.14 bits per heavy atom. The van der Waals surface area contributed by atoms with Crippen LogP contribution in [-0.2, 0) is 18.8 Å². The van der Waals surface area contributed by atoms with Crippen LogP contribution in [0.1, 0.15) is 47.6 Å². The highest BCUT2D eigenvalue weighted by molar-refractivity contribution is 7.09. The van der Waals surface area contributed by atoms with Gasteiger partial charge in [0.15, 0.2) is 0 Å². The van der Waals surface area contributed by atoms with Gasteiger partial charge in [-0.1, -0.05) is 31.2 Å². The number of fused-ring (bicyclic) bond motifs is 1. The minimum absolute atomic E-state index is 0.415. The van der Waals surface area contributed by atoms with Gasteiger partial charge in [-0.15, -0.1) is 22.9 Å². The van der Waals surface area contributed by atoms with Gasteiger partial charge in [0.05, 0.1) is 17.6 Å². The molecule has 2 heterocycles. The van der Waals surface area contributed by atoms with Gasteiger partial charge in [-0.05, 0) is 36.9 Å². The average Bonchev–Trinajstić information content (AvgIpc) is 2.88. The maximum absolute atomic E-state index is 5.90. The zero-order valence-electron chi connectivity index (χ0n) is 12.4. The van der Waals surface area contributed by atoms with Gasteiger partial charge in [-0.3, -0.25) is 4.90 Å². The van der Waals surface area contributed by atoms with Crippen LogP contribution in [0.3, 0.4) is 0 Å². The summed E-state index contributed by atoms with van der Waals surface area (Å²) < 4.78 is 0. The zero-order chi connectivity index (χ0) is 14.7. The van der Waals surface area contributed by atoms with Crippen LogP contribution < -0.4 is 0 Å². The second-order valence-electron chi connectivity index (χ2n) is 5.58. The number of aromatic nitrogens is 1. The van der Waals surface area contributed by atoms with Gasteiger partial charge in [0.1, 0.15) is 5.01 Å². The molecule has 0 N–H and O–H groups in total. The Bertz CT molecular complexity index is 596. The summed E-state index contributed by atoms with van der Waals surface area (Å²) in [7, 11) is 0. The molecule has 0 bridgehead atoms. The molecule has 0 spiro atoms. The molecule has 2 aromatic rings. The summed E-state index contributed by atoms with van der Waals surface area (Å²) in [5.41, 5.74) is 3.99. The summed E-state index contributed by atoms with van der Waals surface area (Å²) >= 11 is 7.65. The molecule has 0 amide bonds. The summed E-state index contributed by atoms with van der Waals surface area (Å²) in [6, 6.07) is 9.26. The fraction of sp³-hybridized carbons (Fsp3) is 0.471. The van der Waals surface area contributed by atoms with Gasteiger partial charge in [0.2, 0.25) is 0 Å². The molecule has 1 unspecified atom stereocenters. The number of benzene rings is 1. The van der Waals surface area contributed by atoms with Crippen LogP contribution in [0.4, 0.5) is 0 Å². The van der Waals surface area contributed by atoms with Crippen molar-refractivity contribution in [3.8, 4) is 0 Å². The number of rotatable bonds is 4. The minimum Gasteiger partial charge on any atom is -0.290 e. The molecule has 1 atom stereocenters. The van der Waals surface area contributed by atoms with E-state index in [0.717, 1.165) is 25.2 Å².